The number of carbonyl (C=O) groups is 2. The molecule has 0 aliphatic heterocycles. The van der Waals surface area contributed by atoms with Crippen LogP contribution in [0.1, 0.15) is 34.1 Å². The van der Waals surface area contributed by atoms with E-state index in [-0.39, 0.29) is 19.6 Å². The van der Waals surface area contributed by atoms with Gasteiger partial charge in [-0.15, -0.1) is 0 Å². The fourth-order valence-electron chi connectivity index (χ4n) is 2.47. The van der Waals surface area contributed by atoms with Crippen molar-refractivity contribution in [3.8, 4) is 5.75 Å². The highest BCUT2D eigenvalue weighted by molar-refractivity contribution is 5.85. The van der Waals surface area contributed by atoms with E-state index < -0.39 is 35.4 Å². The highest BCUT2D eigenvalue weighted by atomic mass is 16.6. The number of hydrogen-bond donors (Lipinski definition) is 3. The number of ether oxygens (including phenoxy) is 2. The molecule has 0 fully saturated rings. The summed E-state index contributed by atoms with van der Waals surface area (Å²) >= 11 is 0. The molecule has 3 N–H and O–H groups in total. The molecule has 2 amide bonds. The average Bonchev–Trinajstić information content (AvgIpc) is 2.64. The van der Waals surface area contributed by atoms with E-state index >= 15 is 0 Å². The number of nitrogens with one attached hydrogen (secondary N) is 2. The minimum absolute atomic E-state index is 0.00905. The minimum Gasteiger partial charge on any atom is -0.493 e. The topological polar surface area (TPSA) is 127 Å². The zero-order chi connectivity index (χ0) is 22.3. The van der Waals surface area contributed by atoms with Crippen molar-refractivity contribution in [2.45, 2.75) is 51.9 Å². The molecular weight excluding hydrogens is 392 g/mol. The molecular formula is C21H28N2O7. The van der Waals surface area contributed by atoms with Gasteiger partial charge in [-0.2, -0.15) is 0 Å². The average molecular weight is 420 g/mol. The molecule has 9 nitrogen and oxygen atoms in total. The van der Waals surface area contributed by atoms with E-state index in [0.717, 1.165) is 5.39 Å². The van der Waals surface area contributed by atoms with Crippen molar-refractivity contribution in [2.75, 3.05) is 13.2 Å². The molecule has 2 atom stereocenters. The summed E-state index contributed by atoms with van der Waals surface area (Å²) in [5.41, 5.74) is -0.687. The van der Waals surface area contributed by atoms with Crippen molar-refractivity contribution >= 4 is 23.0 Å². The lowest BCUT2D eigenvalue weighted by molar-refractivity contribution is -0.123. The normalized spacial score (nSPS) is 13.4. The highest BCUT2D eigenvalue weighted by Gasteiger charge is 2.21. The first-order chi connectivity index (χ1) is 14.0. The van der Waals surface area contributed by atoms with E-state index in [4.69, 9.17) is 13.9 Å². The Kier molecular flexibility index (Phi) is 7.82. The molecule has 30 heavy (non-hydrogen) atoms. The summed E-state index contributed by atoms with van der Waals surface area (Å²) in [5.74, 6) is 0.0636. The third-order valence-electron chi connectivity index (χ3n) is 3.95. The van der Waals surface area contributed by atoms with Crippen molar-refractivity contribution in [3.63, 3.8) is 0 Å². The van der Waals surface area contributed by atoms with Crippen LogP contribution in [0.4, 0.5) is 4.79 Å². The summed E-state index contributed by atoms with van der Waals surface area (Å²) in [4.78, 5) is 35.0. The van der Waals surface area contributed by atoms with Crippen molar-refractivity contribution in [1.82, 2.24) is 10.6 Å². The predicted molar refractivity (Wildman–Crippen MR) is 110 cm³/mol. The van der Waals surface area contributed by atoms with Crippen molar-refractivity contribution in [1.29, 1.82) is 0 Å². The van der Waals surface area contributed by atoms with Gasteiger partial charge < -0.3 is 29.6 Å². The maximum absolute atomic E-state index is 12.0. The van der Waals surface area contributed by atoms with Crippen molar-refractivity contribution < 1.29 is 28.6 Å². The van der Waals surface area contributed by atoms with Crippen LogP contribution in [-0.2, 0) is 9.53 Å². The molecule has 9 heteroatoms. The maximum Gasteiger partial charge on any atom is 0.408 e. The Hall–Kier alpha value is -3.07. The summed E-state index contributed by atoms with van der Waals surface area (Å²) in [6.07, 6.45) is -1.25. The van der Waals surface area contributed by atoms with Gasteiger partial charge in [0.05, 0.1) is 12.7 Å². The fourth-order valence-corrected chi connectivity index (χ4v) is 2.47. The Bertz CT molecular complexity index is 933. The Morgan fingerprint density at radius 3 is 2.60 bits per heavy atom. The summed E-state index contributed by atoms with van der Waals surface area (Å²) in [5, 5.41) is 15.8. The molecule has 0 bridgehead atoms. The van der Waals surface area contributed by atoms with Crippen LogP contribution in [0.2, 0.25) is 0 Å². The van der Waals surface area contributed by atoms with Gasteiger partial charge in [-0.1, -0.05) is 0 Å². The molecule has 1 aromatic heterocycles. The van der Waals surface area contributed by atoms with Crippen LogP contribution in [0, 0.1) is 0 Å². The number of hydrogen-bond acceptors (Lipinski definition) is 7. The summed E-state index contributed by atoms with van der Waals surface area (Å²) in [6, 6.07) is 7.31. The first kappa shape index (κ1) is 23.2. The Labute approximate surface area is 174 Å². The molecule has 1 aromatic carbocycles. The zero-order valence-electron chi connectivity index (χ0n) is 17.6. The monoisotopic (exact) mass is 420 g/mol. The quantitative estimate of drug-likeness (QED) is 0.557. The number of amides is 2. The minimum atomic E-state index is -0.832. The number of aliphatic hydroxyl groups excluding tert-OH is 1. The van der Waals surface area contributed by atoms with Gasteiger partial charge in [0.25, 0.3) is 0 Å². The Balaban J connectivity index is 1.71. The molecule has 0 aliphatic carbocycles. The fraction of sp³-hybridized carbons (Fsp3) is 0.476. The maximum atomic E-state index is 12.0. The Morgan fingerprint density at radius 2 is 1.90 bits per heavy atom. The largest absolute Gasteiger partial charge is 0.493 e. The van der Waals surface area contributed by atoms with Crippen molar-refractivity contribution in [3.05, 3.63) is 40.8 Å². The predicted octanol–water partition coefficient (Wildman–Crippen LogP) is 1.95. The van der Waals surface area contributed by atoms with E-state index in [1.165, 1.54) is 13.0 Å². The second-order valence-electron chi connectivity index (χ2n) is 7.86. The summed E-state index contributed by atoms with van der Waals surface area (Å²) in [6.45, 7) is 6.91. The van der Waals surface area contributed by atoms with E-state index in [1.54, 1.807) is 45.0 Å². The second-order valence-corrected chi connectivity index (χ2v) is 7.86. The van der Waals surface area contributed by atoms with Crippen LogP contribution in [0.3, 0.4) is 0 Å². The molecule has 0 radical (unpaired) electrons. The lowest BCUT2D eigenvalue weighted by Crippen LogP contribution is -2.48. The third kappa shape index (κ3) is 7.75. The van der Waals surface area contributed by atoms with Crippen LogP contribution in [-0.4, -0.2) is 48.0 Å². The van der Waals surface area contributed by atoms with E-state index in [2.05, 4.69) is 10.6 Å². The zero-order valence-corrected chi connectivity index (χ0v) is 17.6. The van der Waals surface area contributed by atoms with Crippen LogP contribution < -0.4 is 21.0 Å². The summed E-state index contributed by atoms with van der Waals surface area (Å²) < 4.78 is 15.8. The standard InChI is InChI=1S/C21H28N2O7/c1-13(23-20(27)30-21(2,3)4)19(26)22-12-15(24)9-10-28-16-7-5-14-6-8-18(25)29-17(14)11-16/h5-8,11,13,15,24H,9-10,12H2,1-4H3,(H,22,26)(H,23,27)/t13-,15?/m0/s1. The molecule has 1 heterocycles. The first-order valence-corrected chi connectivity index (χ1v) is 9.65. The lowest BCUT2D eigenvalue weighted by atomic mass is 10.2. The number of carbonyl (C=O) groups excluding carboxylic acids is 2. The van der Waals surface area contributed by atoms with Gasteiger partial charge in [-0.3, -0.25) is 4.79 Å². The van der Waals surface area contributed by atoms with Crippen LogP contribution in [0.5, 0.6) is 5.75 Å². The van der Waals surface area contributed by atoms with E-state index in [1.807, 2.05) is 0 Å². The lowest BCUT2D eigenvalue weighted by Gasteiger charge is -2.22. The number of benzene rings is 1. The molecule has 0 aliphatic rings. The molecule has 1 unspecified atom stereocenters. The number of alkyl carbamates (subject to hydrolysis) is 1. The van der Waals surface area contributed by atoms with Crippen LogP contribution in [0.25, 0.3) is 11.0 Å². The molecule has 0 spiro atoms. The van der Waals surface area contributed by atoms with Gasteiger partial charge in [0.2, 0.25) is 5.91 Å². The van der Waals surface area contributed by atoms with Crippen molar-refractivity contribution in [2.24, 2.45) is 0 Å². The molecule has 2 aromatic rings. The van der Waals surface area contributed by atoms with Gasteiger partial charge in [-0.25, -0.2) is 9.59 Å². The molecule has 164 valence electrons. The first-order valence-electron chi connectivity index (χ1n) is 9.65. The molecule has 0 saturated heterocycles. The van der Waals surface area contributed by atoms with Gasteiger partial charge in [0.15, 0.2) is 0 Å². The summed E-state index contributed by atoms with van der Waals surface area (Å²) in [7, 11) is 0. The van der Waals surface area contributed by atoms with Crippen LogP contribution in [0.15, 0.2) is 39.5 Å². The number of aliphatic hydroxyl groups is 1. The highest BCUT2D eigenvalue weighted by Crippen LogP contribution is 2.19. The SMILES string of the molecule is C[C@H](NC(=O)OC(C)(C)C)C(=O)NCC(O)CCOc1ccc2ccc(=O)oc2c1. The van der Waals surface area contributed by atoms with Crippen LogP contribution >= 0.6 is 0 Å². The van der Waals surface area contributed by atoms with Gasteiger partial charge in [0, 0.05) is 30.5 Å². The molecule has 0 saturated carbocycles. The van der Waals surface area contributed by atoms with E-state index in [9.17, 15) is 19.5 Å². The smallest absolute Gasteiger partial charge is 0.408 e. The van der Waals surface area contributed by atoms with Gasteiger partial charge >= 0.3 is 11.7 Å². The number of fused-ring (bicyclic) bond motifs is 1. The second kappa shape index (κ2) is 10.1. The number of rotatable bonds is 8. The Morgan fingerprint density at radius 1 is 1.20 bits per heavy atom. The molecule has 2 rings (SSSR count). The van der Waals surface area contributed by atoms with E-state index in [0.29, 0.717) is 11.3 Å². The third-order valence-corrected chi connectivity index (χ3v) is 3.95. The van der Waals surface area contributed by atoms with Gasteiger partial charge in [-0.05, 0) is 45.9 Å². The van der Waals surface area contributed by atoms with Gasteiger partial charge in [0.1, 0.15) is 23.0 Å².